The van der Waals surface area contributed by atoms with E-state index in [0.717, 1.165) is 23.1 Å². The van der Waals surface area contributed by atoms with Gasteiger partial charge in [0.05, 0.1) is 0 Å². The average Bonchev–Trinajstić information content (AvgIpc) is 2.76. The highest BCUT2D eigenvalue weighted by atomic mass is 16.4. The number of carbonyl (C=O) groups is 2. The molecule has 0 radical (unpaired) electrons. The third-order valence-corrected chi connectivity index (χ3v) is 3.43. The molecule has 3 heteroatoms. The summed E-state index contributed by atoms with van der Waals surface area (Å²) in [4.78, 5) is 22.8. The molecule has 2 aromatic rings. The fraction of sp³-hybridized carbons (Fsp3) is 0.125. The van der Waals surface area contributed by atoms with Crippen molar-refractivity contribution in [2.45, 2.75) is 12.8 Å². The maximum absolute atomic E-state index is 12.0. The number of carbonyl (C=O) groups excluding carboxylic acids is 1. The summed E-state index contributed by atoms with van der Waals surface area (Å²) in [7, 11) is 0. The summed E-state index contributed by atoms with van der Waals surface area (Å²) in [6.45, 7) is 0. The van der Waals surface area contributed by atoms with E-state index in [-0.39, 0.29) is 5.78 Å². The molecule has 0 saturated carbocycles. The van der Waals surface area contributed by atoms with Crippen molar-refractivity contribution in [1.82, 2.24) is 0 Å². The summed E-state index contributed by atoms with van der Waals surface area (Å²) in [6.07, 6.45) is 0.346. The number of carboxylic acids is 1. The molecule has 0 spiro atoms. The summed E-state index contributed by atoms with van der Waals surface area (Å²) in [5.41, 5.74) is 4.76. The van der Waals surface area contributed by atoms with E-state index in [1.54, 1.807) is 6.07 Å². The minimum Gasteiger partial charge on any atom is -0.481 e. The molecule has 0 heterocycles. The lowest BCUT2D eigenvalue weighted by Gasteiger charge is -2.07. The smallest absolute Gasteiger partial charge is 0.311 e. The minimum absolute atomic E-state index is 0.332. The number of hydrogen-bond acceptors (Lipinski definition) is 2. The van der Waals surface area contributed by atoms with Crippen LogP contribution in [0, 0.1) is 0 Å². The lowest BCUT2D eigenvalue weighted by Crippen LogP contribution is -2.08. The second-order valence-corrected chi connectivity index (χ2v) is 4.67. The van der Waals surface area contributed by atoms with Gasteiger partial charge >= 0.3 is 5.97 Å². The van der Waals surface area contributed by atoms with Gasteiger partial charge in [-0.3, -0.25) is 9.59 Å². The zero-order chi connectivity index (χ0) is 13.4. The first-order valence-corrected chi connectivity index (χ1v) is 6.12. The van der Waals surface area contributed by atoms with E-state index in [2.05, 4.69) is 0 Å². The normalized spacial score (nSPS) is 11.8. The van der Waals surface area contributed by atoms with E-state index < -0.39 is 12.4 Å². The van der Waals surface area contributed by atoms with Crippen molar-refractivity contribution in [2.24, 2.45) is 0 Å². The number of benzene rings is 2. The Morgan fingerprint density at radius 2 is 1.74 bits per heavy atom. The van der Waals surface area contributed by atoms with Crippen LogP contribution in [0.3, 0.4) is 0 Å². The summed E-state index contributed by atoms with van der Waals surface area (Å²) in [5.74, 6) is -1.42. The van der Waals surface area contributed by atoms with Crippen LogP contribution in [0.1, 0.15) is 27.9 Å². The highest BCUT2D eigenvalue weighted by Gasteiger charge is 2.24. The van der Waals surface area contributed by atoms with Crippen molar-refractivity contribution in [3.8, 4) is 11.1 Å². The molecule has 1 aliphatic rings. The van der Waals surface area contributed by atoms with E-state index in [0.29, 0.717) is 5.56 Å². The second kappa shape index (κ2) is 4.35. The molecular formula is C16H12O3. The van der Waals surface area contributed by atoms with Crippen molar-refractivity contribution in [1.29, 1.82) is 0 Å². The molecule has 19 heavy (non-hydrogen) atoms. The van der Waals surface area contributed by atoms with Gasteiger partial charge in [-0.15, -0.1) is 0 Å². The van der Waals surface area contributed by atoms with Gasteiger partial charge in [0, 0.05) is 5.56 Å². The fourth-order valence-electron chi connectivity index (χ4n) is 2.65. The molecule has 0 saturated heterocycles. The standard InChI is InChI=1S/C16H12O3/c17-14(9-15(18)19)13-7-3-5-11-8-10-4-1-2-6-12(10)16(11)13/h1-7H,8-9H2,(H,18,19). The van der Waals surface area contributed by atoms with Gasteiger partial charge in [-0.25, -0.2) is 0 Å². The maximum atomic E-state index is 12.0. The third-order valence-electron chi connectivity index (χ3n) is 3.43. The molecule has 1 aliphatic carbocycles. The van der Waals surface area contributed by atoms with Crippen LogP contribution in [0.15, 0.2) is 42.5 Å². The second-order valence-electron chi connectivity index (χ2n) is 4.67. The van der Waals surface area contributed by atoms with Gasteiger partial charge in [-0.1, -0.05) is 42.5 Å². The molecule has 3 nitrogen and oxygen atoms in total. The van der Waals surface area contributed by atoms with Crippen molar-refractivity contribution in [2.75, 3.05) is 0 Å². The number of Topliss-reactive ketones (excluding diaryl/α,β-unsaturated/α-hetero) is 1. The molecule has 0 aliphatic heterocycles. The van der Waals surface area contributed by atoms with Gasteiger partial charge in [-0.2, -0.15) is 0 Å². The quantitative estimate of drug-likeness (QED) is 0.576. The topological polar surface area (TPSA) is 54.4 Å². The molecule has 1 N–H and O–H groups in total. The maximum Gasteiger partial charge on any atom is 0.311 e. The first kappa shape index (κ1) is 11.7. The zero-order valence-corrected chi connectivity index (χ0v) is 10.2. The Kier molecular flexibility index (Phi) is 2.67. The van der Waals surface area contributed by atoms with Crippen molar-refractivity contribution >= 4 is 11.8 Å². The first-order chi connectivity index (χ1) is 9.16. The van der Waals surface area contributed by atoms with Crippen LogP contribution >= 0.6 is 0 Å². The highest BCUT2D eigenvalue weighted by molar-refractivity contribution is 6.10. The Balaban J connectivity index is 2.14. The molecule has 3 rings (SSSR count). The minimum atomic E-state index is -1.09. The van der Waals surface area contributed by atoms with Crippen LogP contribution in [0.25, 0.3) is 11.1 Å². The number of fused-ring (bicyclic) bond motifs is 3. The monoisotopic (exact) mass is 252 g/mol. The fourth-order valence-corrected chi connectivity index (χ4v) is 2.65. The van der Waals surface area contributed by atoms with E-state index >= 15 is 0 Å². The summed E-state index contributed by atoms with van der Waals surface area (Å²) < 4.78 is 0. The Hall–Kier alpha value is -2.42. The lowest BCUT2D eigenvalue weighted by atomic mass is 9.95. The summed E-state index contributed by atoms with van der Waals surface area (Å²) in [5, 5.41) is 8.77. The molecule has 0 aromatic heterocycles. The Labute approximate surface area is 110 Å². The van der Waals surface area contributed by atoms with Crippen molar-refractivity contribution in [3.63, 3.8) is 0 Å². The molecular weight excluding hydrogens is 240 g/mol. The van der Waals surface area contributed by atoms with E-state index in [9.17, 15) is 9.59 Å². The largest absolute Gasteiger partial charge is 0.481 e. The van der Waals surface area contributed by atoms with E-state index in [4.69, 9.17) is 5.11 Å². The lowest BCUT2D eigenvalue weighted by molar-refractivity contribution is -0.135. The van der Waals surface area contributed by atoms with E-state index in [1.165, 1.54) is 5.56 Å². The molecule has 94 valence electrons. The van der Waals surface area contributed by atoms with Crippen LogP contribution in [0.2, 0.25) is 0 Å². The third kappa shape index (κ3) is 1.93. The van der Waals surface area contributed by atoms with Crippen LogP contribution < -0.4 is 0 Å². The SMILES string of the molecule is O=C(O)CC(=O)c1cccc2c1-c1ccccc1C2. The molecule has 0 fully saturated rings. The molecule has 0 amide bonds. The van der Waals surface area contributed by atoms with Gasteiger partial charge in [0.25, 0.3) is 0 Å². The first-order valence-electron chi connectivity index (χ1n) is 6.12. The number of aliphatic carboxylic acids is 1. The van der Waals surface area contributed by atoms with Crippen LogP contribution in [0.5, 0.6) is 0 Å². The van der Waals surface area contributed by atoms with Crippen LogP contribution in [-0.2, 0) is 11.2 Å². The van der Waals surface area contributed by atoms with Crippen LogP contribution in [-0.4, -0.2) is 16.9 Å². The summed E-state index contributed by atoms with van der Waals surface area (Å²) in [6, 6.07) is 13.5. The average molecular weight is 252 g/mol. The molecule has 0 unspecified atom stereocenters. The van der Waals surface area contributed by atoms with Crippen LogP contribution in [0.4, 0.5) is 0 Å². The number of hydrogen-bond donors (Lipinski definition) is 1. The number of carboxylic acid groups (broad SMARTS) is 1. The predicted molar refractivity (Wildman–Crippen MR) is 71.3 cm³/mol. The van der Waals surface area contributed by atoms with Gasteiger partial charge in [0.15, 0.2) is 5.78 Å². The van der Waals surface area contributed by atoms with Gasteiger partial charge < -0.3 is 5.11 Å². The Morgan fingerprint density at radius 1 is 1.00 bits per heavy atom. The Morgan fingerprint density at radius 3 is 2.53 bits per heavy atom. The molecule has 2 aromatic carbocycles. The highest BCUT2D eigenvalue weighted by Crippen LogP contribution is 2.39. The van der Waals surface area contributed by atoms with E-state index in [1.807, 2.05) is 36.4 Å². The summed E-state index contributed by atoms with van der Waals surface area (Å²) >= 11 is 0. The molecule has 0 atom stereocenters. The van der Waals surface area contributed by atoms with Crippen molar-refractivity contribution in [3.05, 3.63) is 59.2 Å². The Bertz CT molecular complexity index is 686. The predicted octanol–water partition coefficient (Wildman–Crippen LogP) is 2.92. The number of ketones is 1. The van der Waals surface area contributed by atoms with Gasteiger partial charge in [0.2, 0.25) is 0 Å². The van der Waals surface area contributed by atoms with Crippen molar-refractivity contribution < 1.29 is 14.7 Å². The van der Waals surface area contributed by atoms with Gasteiger partial charge in [-0.05, 0) is 28.7 Å². The number of rotatable bonds is 3. The zero-order valence-electron chi connectivity index (χ0n) is 10.2. The molecule has 0 bridgehead atoms. The van der Waals surface area contributed by atoms with Gasteiger partial charge in [0.1, 0.15) is 6.42 Å².